The van der Waals surface area contributed by atoms with E-state index in [0.717, 1.165) is 30.0 Å². The van der Waals surface area contributed by atoms with E-state index in [2.05, 4.69) is 57.7 Å². The van der Waals surface area contributed by atoms with Gasteiger partial charge in [0.15, 0.2) is 0 Å². The number of hydrogen-bond acceptors (Lipinski definition) is 2. The molecule has 0 fully saturated rings. The summed E-state index contributed by atoms with van der Waals surface area (Å²) in [6.07, 6.45) is 2.57. The number of ether oxygens (including phenoxy) is 1. The van der Waals surface area contributed by atoms with E-state index in [1.54, 1.807) is 0 Å². The zero-order chi connectivity index (χ0) is 22.3. The lowest BCUT2D eigenvalue weighted by atomic mass is 9.88. The molecule has 0 spiro atoms. The molecule has 0 N–H and O–H groups in total. The molecule has 0 bridgehead atoms. The van der Waals surface area contributed by atoms with Crippen molar-refractivity contribution >= 4 is 22.3 Å². The van der Waals surface area contributed by atoms with Crippen molar-refractivity contribution in [2.24, 2.45) is 5.41 Å². The smallest absolute Gasteiger partial charge is 0.338 e. The third kappa shape index (κ3) is 6.70. The molecule has 0 heterocycles. The van der Waals surface area contributed by atoms with E-state index >= 15 is 0 Å². The van der Waals surface area contributed by atoms with Gasteiger partial charge < -0.3 is 4.74 Å². The van der Waals surface area contributed by atoms with Gasteiger partial charge in [0.2, 0.25) is 0 Å². The first-order valence-corrected chi connectivity index (χ1v) is 11.0. The maximum Gasteiger partial charge on any atom is 0.338 e. The van der Waals surface area contributed by atoms with Crippen LogP contribution in [0.15, 0.2) is 84.1 Å². The Balaban J connectivity index is 1.68. The molecule has 0 aliphatic rings. The van der Waals surface area contributed by atoms with E-state index in [0.29, 0.717) is 12.2 Å². The minimum Gasteiger partial charge on any atom is -0.462 e. The highest BCUT2D eigenvalue weighted by molar-refractivity contribution is 6.04. The minimum atomic E-state index is -0.263. The van der Waals surface area contributed by atoms with Crippen LogP contribution in [0.2, 0.25) is 0 Å². The zero-order valence-corrected chi connectivity index (χ0v) is 19.1. The van der Waals surface area contributed by atoms with Crippen LogP contribution in [0.1, 0.15) is 62.9 Å². The topological polar surface area (TPSA) is 26.3 Å². The molecule has 2 heteroatoms. The quantitative estimate of drug-likeness (QED) is 0.224. The predicted molar refractivity (Wildman–Crippen MR) is 130 cm³/mol. The summed E-state index contributed by atoms with van der Waals surface area (Å²) in [5, 5.41) is 1.98. The molecule has 3 rings (SSSR count). The molecule has 0 unspecified atom stereocenters. The van der Waals surface area contributed by atoms with Crippen molar-refractivity contribution in [3.8, 4) is 0 Å². The van der Waals surface area contributed by atoms with Gasteiger partial charge in [-0.2, -0.15) is 0 Å². The van der Waals surface area contributed by atoms with Gasteiger partial charge >= 0.3 is 5.97 Å². The third-order valence-corrected chi connectivity index (χ3v) is 5.10. The molecular formula is C29H32O2. The summed E-state index contributed by atoms with van der Waals surface area (Å²) in [4.78, 5) is 12.7. The van der Waals surface area contributed by atoms with Gasteiger partial charge in [-0.15, -0.1) is 5.73 Å². The third-order valence-electron chi connectivity index (χ3n) is 5.10. The van der Waals surface area contributed by atoms with Crippen LogP contribution >= 0.6 is 0 Å². The number of esters is 1. The SMILES string of the molecule is CC(=C=C(CCCOC(=O)c1cccc2ccccc12)c1ccccc1)CC(C)(C)C. The number of hydrogen-bond donors (Lipinski definition) is 0. The van der Waals surface area contributed by atoms with Crippen molar-refractivity contribution in [1.29, 1.82) is 0 Å². The summed E-state index contributed by atoms with van der Waals surface area (Å²) in [5.41, 5.74) is 8.07. The second kappa shape index (κ2) is 10.3. The highest BCUT2D eigenvalue weighted by atomic mass is 16.5. The van der Waals surface area contributed by atoms with Gasteiger partial charge in [-0.05, 0) is 59.6 Å². The highest BCUT2D eigenvalue weighted by Crippen LogP contribution is 2.26. The summed E-state index contributed by atoms with van der Waals surface area (Å²) in [6.45, 7) is 9.26. The molecule has 0 saturated carbocycles. The predicted octanol–water partition coefficient (Wildman–Crippen LogP) is 7.84. The molecule has 0 aliphatic heterocycles. The van der Waals surface area contributed by atoms with Gasteiger partial charge in [-0.25, -0.2) is 4.79 Å². The molecule has 3 aromatic rings. The first kappa shape index (κ1) is 22.6. The number of fused-ring (bicyclic) bond motifs is 1. The second-order valence-electron chi connectivity index (χ2n) is 9.25. The highest BCUT2D eigenvalue weighted by Gasteiger charge is 2.12. The monoisotopic (exact) mass is 412 g/mol. The standard InChI is InChI=1S/C29H32O2/c1-22(21-29(2,3)4)20-25(23-12-6-5-7-13-23)16-11-19-31-28(30)27-18-10-15-24-14-8-9-17-26(24)27/h5-10,12-15,17-18H,11,16,19,21H2,1-4H3. The Labute approximate surface area is 186 Å². The number of allylic oxidation sites excluding steroid dienone is 1. The molecule has 0 amide bonds. The van der Waals surface area contributed by atoms with Crippen LogP contribution in [0.5, 0.6) is 0 Å². The molecule has 0 atom stereocenters. The van der Waals surface area contributed by atoms with Crippen LogP contribution < -0.4 is 0 Å². The molecule has 0 saturated heterocycles. The van der Waals surface area contributed by atoms with Crippen LogP contribution in [0.3, 0.4) is 0 Å². The van der Waals surface area contributed by atoms with E-state index in [9.17, 15) is 4.79 Å². The summed E-state index contributed by atoms with van der Waals surface area (Å²) in [6, 6.07) is 24.0. The van der Waals surface area contributed by atoms with Crippen molar-refractivity contribution in [2.75, 3.05) is 6.61 Å². The van der Waals surface area contributed by atoms with Crippen LogP contribution in [0.4, 0.5) is 0 Å². The van der Waals surface area contributed by atoms with Gasteiger partial charge in [0.1, 0.15) is 0 Å². The van der Waals surface area contributed by atoms with E-state index in [4.69, 9.17) is 4.74 Å². The Hall–Kier alpha value is -3.09. The molecule has 0 aliphatic carbocycles. The number of carbonyl (C=O) groups is 1. The van der Waals surface area contributed by atoms with Crippen molar-refractivity contribution in [2.45, 2.75) is 47.0 Å². The second-order valence-corrected chi connectivity index (χ2v) is 9.25. The largest absolute Gasteiger partial charge is 0.462 e. The summed E-state index contributed by atoms with van der Waals surface area (Å²) in [5.74, 6) is -0.263. The number of benzene rings is 3. The fraction of sp³-hybridized carbons (Fsp3) is 0.310. The van der Waals surface area contributed by atoms with E-state index < -0.39 is 0 Å². The van der Waals surface area contributed by atoms with E-state index in [-0.39, 0.29) is 11.4 Å². The maximum atomic E-state index is 12.7. The molecule has 0 aromatic heterocycles. The van der Waals surface area contributed by atoms with Gasteiger partial charge in [0.05, 0.1) is 12.2 Å². The van der Waals surface area contributed by atoms with Crippen LogP contribution in [0, 0.1) is 5.41 Å². The summed E-state index contributed by atoms with van der Waals surface area (Å²) in [7, 11) is 0. The van der Waals surface area contributed by atoms with Crippen molar-refractivity contribution in [3.05, 3.63) is 95.2 Å². The molecular weight excluding hydrogens is 380 g/mol. The fourth-order valence-corrected chi connectivity index (χ4v) is 3.91. The van der Waals surface area contributed by atoms with Crippen molar-refractivity contribution < 1.29 is 9.53 Å². The lowest BCUT2D eigenvalue weighted by molar-refractivity contribution is 0.0504. The first-order chi connectivity index (χ1) is 14.8. The van der Waals surface area contributed by atoms with Gasteiger partial charge in [0.25, 0.3) is 0 Å². The number of carbonyl (C=O) groups excluding carboxylic acids is 1. The van der Waals surface area contributed by atoms with Crippen LogP contribution in [-0.4, -0.2) is 12.6 Å². The van der Waals surface area contributed by atoms with E-state index in [1.165, 1.54) is 16.7 Å². The Bertz CT molecular complexity index is 1090. The average molecular weight is 413 g/mol. The molecule has 31 heavy (non-hydrogen) atoms. The van der Waals surface area contributed by atoms with Crippen LogP contribution in [0.25, 0.3) is 16.3 Å². The normalized spacial score (nSPS) is 11.1. The Kier molecular flexibility index (Phi) is 7.50. The molecule has 160 valence electrons. The van der Waals surface area contributed by atoms with Gasteiger partial charge in [-0.3, -0.25) is 0 Å². The van der Waals surface area contributed by atoms with E-state index in [1.807, 2.05) is 48.5 Å². The average Bonchev–Trinajstić information content (AvgIpc) is 2.74. The zero-order valence-electron chi connectivity index (χ0n) is 19.1. The van der Waals surface area contributed by atoms with Crippen molar-refractivity contribution in [3.63, 3.8) is 0 Å². The summed E-state index contributed by atoms with van der Waals surface area (Å²) < 4.78 is 5.62. The maximum absolute atomic E-state index is 12.7. The summed E-state index contributed by atoms with van der Waals surface area (Å²) >= 11 is 0. The molecule has 0 radical (unpaired) electrons. The van der Waals surface area contributed by atoms with Crippen LogP contribution in [-0.2, 0) is 4.74 Å². The molecule has 3 aromatic carbocycles. The molecule has 2 nitrogen and oxygen atoms in total. The lowest BCUT2D eigenvalue weighted by Gasteiger charge is -2.17. The van der Waals surface area contributed by atoms with Gasteiger partial charge in [0, 0.05) is 5.57 Å². The lowest BCUT2D eigenvalue weighted by Crippen LogP contribution is -2.07. The minimum absolute atomic E-state index is 0.229. The Morgan fingerprint density at radius 1 is 0.903 bits per heavy atom. The first-order valence-electron chi connectivity index (χ1n) is 11.0. The van der Waals surface area contributed by atoms with Crippen molar-refractivity contribution in [1.82, 2.24) is 0 Å². The number of rotatable bonds is 7. The Morgan fingerprint density at radius 3 is 2.32 bits per heavy atom. The van der Waals surface area contributed by atoms with Gasteiger partial charge in [-0.1, -0.05) is 87.5 Å². The Morgan fingerprint density at radius 2 is 1.58 bits per heavy atom. The fourth-order valence-electron chi connectivity index (χ4n) is 3.91.